The molecule has 0 atom stereocenters. The average molecular weight is 465 g/mol. The molecule has 25 heavy (non-hydrogen) atoms. The third kappa shape index (κ3) is 7.94. The summed E-state index contributed by atoms with van der Waals surface area (Å²) < 4.78 is 10.4. The Kier molecular flexibility index (Phi) is 11.1. The molecule has 1 aliphatic carbocycles. The van der Waals surface area contributed by atoms with E-state index in [0.29, 0.717) is 12.6 Å². The van der Waals surface area contributed by atoms with Crippen molar-refractivity contribution in [3.05, 3.63) is 11.6 Å². The van der Waals surface area contributed by atoms with Gasteiger partial charge in [0.05, 0.1) is 25.7 Å². The number of hydrogen-bond donors (Lipinski definition) is 2. The summed E-state index contributed by atoms with van der Waals surface area (Å²) >= 11 is 0. The third-order valence-electron chi connectivity index (χ3n) is 4.71. The van der Waals surface area contributed by atoms with Crippen LogP contribution in [0.4, 0.5) is 0 Å². The first kappa shape index (κ1) is 22.2. The number of nitrogens with zero attached hydrogens (tertiary/aromatic N) is 1. The summed E-state index contributed by atoms with van der Waals surface area (Å²) in [5.74, 6) is 0.879. The lowest BCUT2D eigenvalue weighted by molar-refractivity contribution is -0.149. The van der Waals surface area contributed by atoms with Crippen molar-refractivity contribution in [2.45, 2.75) is 51.5 Å². The van der Waals surface area contributed by atoms with Crippen LogP contribution in [0.15, 0.2) is 16.6 Å². The highest BCUT2D eigenvalue weighted by Gasteiger charge is 2.27. The minimum atomic E-state index is -0.0387. The van der Waals surface area contributed by atoms with Crippen LogP contribution in [0.3, 0.4) is 0 Å². The van der Waals surface area contributed by atoms with Crippen LogP contribution in [-0.2, 0) is 14.3 Å². The van der Waals surface area contributed by atoms with Crippen LogP contribution in [0.25, 0.3) is 0 Å². The molecule has 0 radical (unpaired) electrons. The maximum atomic E-state index is 11.8. The number of guanidine groups is 1. The molecule has 2 rings (SSSR count). The Bertz CT molecular complexity index is 460. The summed E-state index contributed by atoms with van der Waals surface area (Å²) in [4.78, 5) is 16.1. The fourth-order valence-corrected chi connectivity index (χ4v) is 3.26. The SMILES string of the molecule is CCOC(=O)C1CCC(NC(=NC)NCCC2=CCOCC2)CC1.I. The summed E-state index contributed by atoms with van der Waals surface area (Å²) in [6, 6.07) is 0.379. The highest BCUT2D eigenvalue weighted by molar-refractivity contribution is 14.0. The molecule has 0 saturated heterocycles. The predicted octanol–water partition coefficient (Wildman–Crippen LogP) is 2.63. The quantitative estimate of drug-likeness (QED) is 0.208. The number of hydrogen-bond acceptors (Lipinski definition) is 4. The van der Waals surface area contributed by atoms with Crippen LogP contribution in [0.1, 0.15) is 45.4 Å². The molecule has 0 spiro atoms. The van der Waals surface area contributed by atoms with Crippen LogP contribution in [0, 0.1) is 5.92 Å². The Balaban J connectivity index is 0.00000312. The molecule has 1 aliphatic heterocycles. The molecule has 0 aromatic heterocycles. The Labute approximate surface area is 168 Å². The molecule has 0 aromatic rings. The number of carbonyl (C=O) groups is 1. The standard InChI is InChI=1S/C18H31N3O3.HI/c1-3-24-17(22)15-4-6-16(7-5-15)21-18(19-2)20-11-8-14-9-12-23-13-10-14;/h9,15-16H,3-8,10-13H2,1-2H3,(H2,19,20,21);1H. The second kappa shape index (κ2) is 12.5. The van der Waals surface area contributed by atoms with E-state index in [1.165, 1.54) is 5.57 Å². The molecule has 0 unspecified atom stereocenters. The van der Waals surface area contributed by atoms with E-state index in [-0.39, 0.29) is 35.9 Å². The predicted molar refractivity (Wildman–Crippen MR) is 110 cm³/mol. The molecule has 1 fully saturated rings. The molecule has 7 heteroatoms. The van der Waals surface area contributed by atoms with Crippen LogP contribution in [0.5, 0.6) is 0 Å². The van der Waals surface area contributed by atoms with E-state index >= 15 is 0 Å². The molecular weight excluding hydrogens is 433 g/mol. The first-order valence-corrected chi connectivity index (χ1v) is 9.12. The number of nitrogens with one attached hydrogen (secondary N) is 2. The van der Waals surface area contributed by atoms with Gasteiger partial charge in [-0.25, -0.2) is 0 Å². The van der Waals surface area contributed by atoms with Gasteiger partial charge in [0.15, 0.2) is 5.96 Å². The highest BCUT2D eigenvalue weighted by atomic mass is 127. The van der Waals surface area contributed by atoms with E-state index in [1.807, 2.05) is 6.92 Å². The van der Waals surface area contributed by atoms with Crippen molar-refractivity contribution in [2.24, 2.45) is 10.9 Å². The van der Waals surface area contributed by atoms with Crippen molar-refractivity contribution in [2.75, 3.05) is 33.4 Å². The summed E-state index contributed by atoms with van der Waals surface area (Å²) in [7, 11) is 1.80. The van der Waals surface area contributed by atoms with Crippen LogP contribution in [-0.4, -0.2) is 51.4 Å². The minimum Gasteiger partial charge on any atom is -0.466 e. The van der Waals surface area contributed by atoms with E-state index in [2.05, 4.69) is 21.7 Å². The van der Waals surface area contributed by atoms with Gasteiger partial charge in [0, 0.05) is 19.6 Å². The first-order valence-electron chi connectivity index (χ1n) is 9.12. The lowest BCUT2D eigenvalue weighted by Gasteiger charge is -2.29. The molecule has 2 N–H and O–H groups in total. The summed E-state index contributed by atoms with van der Waals surface area (Å²) in [5, 5.41) is 6.86. The zero-order valence-electron chi connectivity index (χ0n) is 15.4. The maximum Gasteiger partial charge on any atom is 0.308 e. The van der Waals surface area contributed by atoms with E-state index in [1.54, 1.807) is 7.05 Å². The zero-order chi connectivity index (χ0) is 17.2. The monoisotopic (exact) mass is 465 g/mol. The first-order chi connectivity index (χ1) is 11.7. The number of rotatable bonds is 6. The molecule has 2 aliphatic rings. The number of halogens is 1. The van der Waals surface area contributed by atoms with Gasteiger partial charge in [0.25, 0.3) is 0 Å². The summed E-state index contributed by atoms with van der Waals surface area (Å²) in [5.41, 5.74) is 1.46. The Morgan fingerprint density at radius 1 is 1.36 bits per heavy atom. The molecule has 0 amide bonds. The van der Waals surface area contributed by atoms with E-state index in [4.69, 9.17) is 9.47 Å². The summed E-state index contributed by atoms with van der Waals surface area (Å²) in [6.45, 7) is 4.78. The summed E-state index contributed by atoms with van der Waals surface area (Å²) in [6.07, 6.45) is 7.98. The van der Waals surface area contributed by atoms with Crippen molar-refractivity contribution >= 4 is 35.9 Å². The normalized spacial score (nSPS) is 23.9. The van der Waals surface area contributed by atoms with Crippen molar-refractivity contribution in [1.82, 2.24) is 10.6 Å². The van der Waals surface area contributed by atoms with Crippen LogP contribution in [0.2, 0.25) is 0 Å². The molecular formula is C18H32IN3O3. The molecule has 0 bridgehead atoms. The molecule has 1 heterocycles. The van der Waals surface area contributed by atoms with Gasteiger partial charge in [-0.2, -0.15) is 0 Å². The lowest BCUT2D eigenvalue weighted by Crippen LogP contribution is -2.45. The number of esters is 1. The van der Waals surface area contributed by atoms with Crippen LogP contribution >= 0.6 is 24.0 Å². The maximum absolute atomic E-state index is 11.8. The van der Waals surface area contributed by atoms with Crippen LogP contribution < -0.4 is 10.6 Å². The minimum absolute atomic E-state index is 0. The van der Waals surface area contributed by atoms with Gasteiger partial charge >= 0.3 is 5.97 Å². The fourth-order valence-electron chi connectivity index (χ4n) is 3.26. The number of aliphatic imine (C=N–C) groups is 1. The fraction of sp³-hybridized carbons (Fsp3) is 0.778. The smallest absolute Gasteiger partial charge is 0.308 e. The van der Waals surface area contributed by atoms with Gasteiger partial charge < -0.3 is 20.1 Å². The number of ether oxygens (including phenoxy) is 2. The second-order valence-electron chi connectivity index (χ2n) is 6.38. The average Bonchev–Trinajstić information content (AvgIpc) is 2.62. The third-order valence-corrected chi connectivity index (χ3v) is 4.71. The van der Waals surface area contributed by atoms with Gasteiger partial charge in [0.2, 0.25) is 0 Å². The van der Waals surface area contributed by atoms with Gasteiger partial charge in [-0.05, 0) is 45.4 Å². The second-order valence-corrected chi connectivity index (χ2v) is 6.38. The van der Waals surface area contributed by atoms with Gasteiger partial charge in [-0.1, -0.05) is 11.6 Å². The van der Waals surface area contributed by atoms with Crippen molar-refractivity contribution in [1.29, 1.82) is 0 Å². The Morgan fingerprint density at radius 2 is 2.12 bits per heavy atom. The molecule has 144 valence electrons. The van der Waals surface area contributed by atoms with Gasteiger partial charge in [0.1, 0.15) is 0 Å². The topological polar surface area (TPSA) is 72.0 Å². The molecule has 0 aromatic carbocycles. The van der Waals surface area contributed by atoms with Crippen molar-refractivity contribution < 1.29 is 14.3 Å². The Hall–Kier alpha value is -0.830. The zero-order valence-corrected chi connectivity index (χ0v) is 17.7. The van der Waals surface area contributed by atoms with Gasteiger partial charge in [-0.3, -0.25) is 9.79 Å². The lowest BCUT2D eigenvalue weighted by atomic mass is 9.86. The van der Waals surface area contributed by atoms with E-state index in [9.17, 15) is 4.79 Å². The van der Waals surface area contributed by atoms with E-state index in [0.717, 1.165) is 64.2 Å². The Morgan fingerprint density at radius 3 is 2.72 bits per heavy atom. The van der Waals surface area contributed by atoms with Gasteiger partial charge in [-0.15, -0.1) is 24.0 Å². The molecule has 1 saturated carbocycles. The van der Waals surface area contributed by atoms with E-state index < -0.39 is 0 Å². The van der Waals surface area contributed by atoms with Crippen molar-refractivity contribution in [3.63, 3.8) is 0 Å². The molecule has 6 nitrogen and oxygen atoms in total. The highest BCUT2D eigenvalue weighted by Crippen LogP contribution is 2.25. The van der Waals surface area contributed by atoms with Crippen molar-refractivity contribution in [3.8, 4) is 0 Å². The number of carbonyl (C=O) groups excluding carboxylic acids is 1. The largest absolute Gasteiger partial charge is 0.466 e.